The van der Waals surface area contributed by atoms with E-state index in [1.54, 1.807) is 12.1 Å². The maximum Gasteiger partial charge on any atom is 0.410 e. The molecule has 1 aliphatic heterocycles. The van der Waals surface area contributed by atoms with Crippen molar-refractivity contribution < 1.29 is 18.0 Å². The largest absolute Gasteiger partial charge is 0.410 e. The van der Waals surface area contributed by atoms with Gasteiger partial charge in [0, 0.05) is 22.2 Å². The lowest BCUT2D eigenvalue weighted by atomic mass is 9.72. The molecule has 0 spiro atoms. The van der Waals surface area contributed by atoms with Crippen molar-refractivity contribution in [2.75, 3.05) is 10.6 Å². The lowest BCUT2D eigenvalue weighted by molar-refractivity contribution is -0.173. The van der Waals surface area contributed by atoms with Gasteiger partial charge >= 0.3 is 6.18 Å². The maximum absolute atomic E-state index is 13.9. The molecular formula is C25H26F3N5OS2. The van der Waals surface area contributed by atoms with Gasteiger partial charge in [-0.15, -0.1) is 22.7 Å². The quantitative estimate of drug-likeness (QED) is 0.382. The third-order valence-corrected chi connectivity index (χ3v) is 9.29. The fraction of sp³-hybridized carbons (Fsp3) is 0.480. The highest BCUT2D eigenvalue weighted by Crippen LogP contribution is 2.46. The van der Waals surface area contributed by atoms with Gasteiger partial charge in [0.15, 0.2) is 11.7 Å². The minimum Gasteiger partial charge on any atom is -0.363 e. The maximum atomic E-state index is 13.9. The molecule has 0 bridgehead atoms. The number of hydrogen-bond acceptors (Lipinski definition) is 6. The highest BCUT2D eigenvalue weighted by Gasteiger charge is 2.47. The number of nitrogens with one attached hydrogen (secondary N) is 2. The average molecular weight is 534 g/mol. The van der Waals surface area contributed by atoms with Gasteiger partial charge in [0.05, 0.1) is 11.6 Å². The van der Waals surface area contributed by atoms with E-state index in [9.17, 15) is 23.2 Å². The van der Waals surface area contributed by atoms with Gasteiger partial charge in [-0.25, -0.2) is 4.68 Å². The number of anilines is 2. The van der Waals surface area contributed by atoms with E-state index >= 15 is 0 Å². The predicted molar refractivity (Wildman–Crippen MR) is 135 cm³/mol. The van der Waals surface area contributed by atoms with E-state index in [1.165, 1.54) is 28.7 Å². The van der Waals surface area contributed by atoms with Crippen LogP contribution in [0.15, 0.2) is 23.6 Å². The van der Waals surface area contributed by atoms with Gasteiger partial charge in [0.2, 0.25) is 0 Å². The third-order valence-electron chi connectivity index (χ3n) is 7.14. The normalized spacial score (nSPS) is 21.8. The van der Waals surface area contributed by atoms with E-state index in [4.69, 9.17) is 0 Å². The summed E-state index contributed by atoms with van der Waals surface area (Å²) in [6.45, 7) is 6.61. The fourth-order valence-corrected chi connectivity index (χ4v) is 7.12. The first-order valence-electron chi connectivity index (χ1n) is 11.8. The molecule has 4 heterocycles. The van der Waals surface area contributed by atoms with Crippen LogP contribution in [0.3, 0.4) is 0 Å². The van der Waals surface area contributed by atoms with Gasteiger partial charge in [-0.1, -0.05) is 26.8 Å². The molecule has 3 aromatic rings. The molecular weight excluding hydrogens is 507 g/mol. The van der Waals surface area contributed by atoms with Crippen molar-refractivity contribution in [3.8, 4) is 6.07 Å². The number of fused-ring (bicyclic) bond motifs is 2. The Morgan fingerprint density at radius 1 is 1.33 bits per heavy atom. The first-order valence-corrected chi connectivity index (χ1v) is 13.5. The molecule has 0 saturated heterocycles. The number of rotatable bonds is 3. The standard InChI is InChI=1S/C25H26F3N5OS2/c1-24(2,3)13-6-7-14-15(12-29)23(36-19(14)9-13)31-22(34)17-11-21-30-16(18-5-4-8-35-18)10-20(25(26,27)28)33(21)32-17/h4-5,8,11,13,16,20,30H,6-7,9-10H2,1-3H3,(H,31,34)/t13-,16-,20-/m0/s1. The van der Waals surface area contributed by atoms with Crippen molar-refractivity contribution in [1.29, 1.82) is 5.26 Å². The van der Waals surface area contributed by atoms with E-state index in [2.05, 4.69) is 42.6 Å². The van der Waals surface area contributed by atoms with Crippen molar-refractivity contribution in [1.82, 2.24) is 9.78 Å². The molecule has 0 saturated carbocycles. The van der Waals surface area contributed by atoms with Crippen LogP contribution in [-0.2, 0) is 12.8 Å². The number of hydrogen-bond donors (Lipinski definition) is 2. The number of alkyl halides is 3. The highest BCUT2D eigenvalue weighted by molar-refractivity contribution is 7.16. The van der Waals surface area contributed by atoms with Crippen molar-refractivity contribution in [3.63, 3.8) is 0 Å². The number of carbonyl (C=O) groups is 1. The van der Waals surface area contributed by atoms with Crippen LogP contribution < -0.4 is 10.6 Å². The van der Waals surface area contributed by atoms with Crippen LogP contribution in [0.1, 0.15) is 77.1 Å². The minimum absolute atomic E-state index is 0.124. The first-order chi connectivity index (χ1) is 17.0. The zero-order valence-electron chi connectivity index (χ0n) is 20.1. The molecule has 1 amide bonds. The molecule has 0 radical (unpaired) electrons. The second kappa shape index (κ2) is 8.92. The molecule has 0 aromatic carbocycles. The van der Waals surface area contributed by atoms with Crippen molar-refractivity contribution in [2.45, 2.75) is 64.7 Å². The molecule has 190 valence electrons. The van der Waals surface area contributed by atoms with E-state index in [1.807, 2.05) is 5.38 Å². The summed E-state index contributed by atoms with van der Waals surface area (Å²) in [5.41, 5.74) is 1.43. The molecule has 1 aliphatic carbocycles. The minimum atomic E-state index is -4.52. The van der Waals surface area contributed by atoms with Gasteiger partial charge < -0.3 is 10.6 Å². The number of carbonyl (C=O) groups excluding carboxylic acids is 1. The summed E-state index contributed by atoms with van der Waals surface area (Å²) in [5.74, 6) is -0.0128. The summed E-state index contributed by atoms with van der Waals surface area (Å²) in [6, 6.07) is 4.79. The Balaban J connectivity index is 1.42. The molecule has 36 heavy (non-hydrogen) atoms. The number of nitriles is 1. The van der Waals surface area contributed by atoms with Crippen LogP contribution in [0.4, 0.5) is 24.0 Å². The molecule has 5 rings (SSSR count). The molecule has 2 aliphatic rings. The first kappa shape index (κ1) is 24.8. The van der Waals surface area contributed by atoms with Crippen LogP contribution in [0.25, 0.3) is 0 Å². The van der Waals surface area contributed by atoms with Gasteiger partial charge in [-0.2, -0.15) is 23.5 Å². The van der Waals surface area contributed by atoms with E-state index in [0.717, 1.165) is 39.3 Å². The van der Waals surface area contributed by atoms with Crippen LogP contribution in [0.5, 0.6) is 0 Å². The predicted octanol–water partition coefficient (Wildman–Crippen LogP) is 6.94. The third kappa shape index (κ3) is 4.52. The molecule has 3 atom stereocenters. The summed E-state index contributed by atoms with van der Waals surface area (Å²) >= 11 is 2.77. The zero-order valence-corrected chi connectivity index (χ0v) is 21.7. The van der Waals surface area contributed by atoms with Gasteiger partial charge in [-0.05, 0) is 47.6 Å². The number of aromatic nitrogens is 2. The topological polar surface area (TPSA) is 82.7 Å². The van der Waals surface area contributed by atoms with Crippen LogP contribution in [0, 0.1) is 22.7 Å². The summed E-state index contributed by atoms with van der Waals surface area (Å²) in [6.07, 6.45) is -2.15. The number of nitrogens with zero attached hydrogens (tertiary/aromatic N) is 3. The Kier molecular flexibility index (Phi) is 6.16. The van der Waals surface area contributed by atoms with E-state index in [0.29, 0.717) is 16.5 Å². The van der Waals surface area contributed by atoms with Gasteiger partial charge in [0.1, 0.15) is 16.9 Å². The molecule has 0 fully saturated rings. The molecule has 0 unspecified atom stereocenters. The molecule has 2 N–H and O–H groups in total. The Morgan fingerprint density at radius 3 is 2.75 bits per heavy atom. The SMILES string of the molecule is CC(C)(C)[C@H]1CCc2c(sc(NC(=O)c3cc4n(n3)[C@H](C(F)(F)F)C[C@@H](c3cccs3)N4)c2C#N)C1. The van der Waals surface area contributed by atoms with Crippen molar-refractivity contribution in [2.24, 2.45) is 11.3 Å². The Labute approximate surface area is 215 Å². The second-order valence-corrected chi connectivity index (χ2v) is 12.5. The average Bonchev–Trinajstić information content (AvgIpc) is 3.54. The van der Waals surface area contributed by atoms with Crippen molar-refractivity contribution in [3.05, 3.63) is 50.2 Å². The lowest BCUT2D eigenvalue weighted by Gasteiger charge is -2.33. The van der Waals surface area contributed by atoms with Crippen LogP contribution >= 0.6 is 22.7 Å². The van der Waals surface area contributed by atoms with E-state index < -0.39 is 24.2 Å². The summed E-state index contributed by atoms with van der Waals surface area (Å²) < 4.78 is 42.6. The second-order valence-electron chi connectivity index (χ2n) is 10.4. The molecule has 3 aromatic heterocycles. The number of thiophene rings is 2. The fourth-order valence-electron chi connectivity index (χ4n) is 5.06. The number of halogens is 3. The molecule has 11 heteroatoms. The highest BCUT2D eigenvalue weighted by atomic mass is 32.1. The van der Waals surface area contributed by atoms with Crippen LogP contribution in [-0.4, -0.2) is 21.9 Å². The van der Waals surface area contributed by atoms with Crippen LogP contribution in [0.2, 0.25) is 0 Å². The summed E-state index contributed by atoms with van der Waals surface area (Å²) in [5, 5.41) is 22.0. The monoisotopic (exact) mass is 533 g/mol. The Hall–Kier alpha value is -2.84. The summed E-state index contributed by atoms with van der Waals surface area (Å²) in [4.78, 5) is 15.0. The molecule has 6 nitrogen and oxygen atoms in total. The van der Waals surface area contributed by atoms with E-state index in [-0.39, 0.29) is 23.3 Å². The van der Waals surface area contributed by atoms with Crippen molar-refractivity contribution >= 4 is 39.4 Å². The number of amides is 1. The lowest BCUT2D eigenvalue weighted by Crippen LogP contribution is -2.35. The summed E-state index contributed by atoms with van der Waals surface area (Å²) in [7, 11) is 0. The van der Waals surface area contributed by atoms with Gasteiger partial charge in [0.25, 0.3) is 5.91 Å². The Morgan fingerprint density at radius 2 is 2.11 bits per heavy atom. The zero-order chi connectivity index (χ0) is 25.8. The van der Waals surface area contributed by atoms with Gasteiger partial charge in [-0.3, -0.25) is 4.79 Å². The smallest absolute Gasteiger partial charge is 0.363 e. The Bertz CT molecular complexity index is 1330.